The second kappa shape index (κ2) is 7.13. The zero-order valence-corrected chi connectivity index (χ0v) is 11.1. The van der Waals surface area contributed by atoms with Gasteiger partial charge >= 0.3 is 0 Å². The van der Waals surface area contributed by atoms with Crippen LogP contribution < -0.4 is 10.1 Å². The lowest BCUT2D eigenvalue weighted by molar-refractivity contribution is 0.387. The second-order valence-electron chi connectivity index (χ2n) is 4.29. The summed E-state index contributed by atoms with van der Waals surface area (Å²) in [5, 5.41) is 3.61. The van der Waals surface area contributed by atoms with Gasteiger partial charge in [0, 0.05) is 17.6 Å². The molecule has 0 aliphatic rings. The van der Waals surface area contributed by atoms with Gasteiger partial charge in [-0.05, 0) is 25.8 Å². The molecule has 94 valence electrons. The van der Waals surface area contributed by atoms with E-state index >= 15 is 0 Å². The molecule has 0 radical (unpaired) electrons. The van der Waals surface area contributed by atoms with Crippen molar-refractivity contribution in [3.05, 3.63) is 42.5 Å². The lowest BCUT2D eigenvalue weighted by Gasteiger charge is -2.23. The summed E-state index contributed by atoms with van der Waals surface area (Å²) in [7, 11) is 1.72. The summed E-state index contributed by atoms with van der Waals surface area (Å²) >= 11 is 0. The Labute approximate surface area is 105 Å². The first kappa shape index (κ1) is 13.8. The molecule has 0 bridgehead atoms. The number of para-hydroxylation sites is 1. The summed E-state index contributed by atoms with van der Waals surface area (Å²) in [6, 6.07) is 8.96. The largest absolute Gasteiger partial charge is 0.496 e. The van der Waals surface area contributed by atoms with Crippen LogP contribution in [0.3, 0.4) is 0 Å². The molecule has 2 heteroatoms. The van der Waals surface area contributed by atoms with Gasteiger partial charge in [-0.25, -0.2) is 0 Å². The standard InChI is InChI=1S/C15H23NO/c1-5-9-12(3)16-14(6-2)13-10-7-8-11-15(13)17-4/h5,7-8,10-12,14,16H,1,6,9H2,2-4H3. The molecule has 1 aromatic carbocycles. The van der Waals surface area contributed by atoms with Crippen LogP contribution in [0.15, 0.2) is 36.9 Å². The van der Waals surface area contributed by atoms with Crippen molar-refractivity contribution in [2.24, 2.45) is 0 Å². The summed E-state index contributed by atoms with van der Waals surface area (Å²) < 4.78 is 5.41. The van der Waals surface area contributed by atoms with E-state index < -0.39 is 0 Å². The first-order valence-corrected chi connectivity index (χ1v) is 6.22. The highest BCUT2D eigenvalue weighted by atomic mass is 16.5. The third kappa shape index (κ3) is 3.90. The molecule has 0 aromatic heterocycles. The van der Waals surface area contributed by atoms with Gasteiger partial charge in [0.15, 0.2) is 0 Å². The Morgan fingerprint density at radius 3 is 2.71 bits per heavy atom. The van der Waals surface area contributed by atoms with E-state index in [9.17, 15) is 0 Å². The molecule has 0 saturated heterocycles. The number of benzene rings is 1. The van der Waals surface area contributed by atoms with Gasteiger partial charge in [0.2, 0.25) is 0 Å². The van der Waals surface area contributed by atoms with E-state index in [1.165, 1.54) is 5.56 Å². The average molecular weight is 233 g/mol. The highest BCUT2D eigenvalue weighted by molar-refractivity contribution is 5.35. The van der Waals surface area contributed by atoms with Gasteiger partial charge in [-0.15, -0.1) is 6.58 Å². The number of hydrogen-bond acceptors (Lipinski definition) is 2. The zero-order valence-electron chi connectivity index (χ0n) is 11.1. The molecule has 2 nitrogen and oxygen atoms in total. The van der Waals surface area contributed by atoms with Crippen LogP contribution in [0.4, 0.5) is 0 Å². The number of nitrogens with one attached hydrogen (secondary N) is 1. The summed E-state index contributed by atoms with van der Waals surface area (Å²) in [6.45, 7) is 8.14. The maximum Gasteiger partial charge on any atom is 0.123 e. The fourth-order valence-corrected chi connectivity index (χ4v) is 2.04. The number of rotatable bonds is 7. The van der Waals surface area contributed by atoms with Crippen molar-refractivity contribution in [1.82, 2.24) is 5.32 Å². The van der Waals surface area contributed by atoms with Gasteiger partial charge in [0.1, 0.15) is 5.75 Å². The minimum absolute atomic E-state index is 0.334. The van der Waals surface area contributed by atoms with Crippen molar-refractivity contribution >= 4 is 0 Å². The third-order valence-corrected chi connectivity index (χ3v) is 2.93. The van der Waals surface area contributed by atoms with Gasteiger partial charge in [-0.3, -0.25) is 0 Å². The molecule has 0 heterocycles. The number of hydrogen-bond donors (Lipinski definition) is 1. The molecule has 2 atom stereocenters. The van der Waals surface area contributed by atoms with E-state index in [2.05, 4.69) is 37.9 Å². The van der Waals surface area contributed by atoms with Crippen molar-refractivity contribution in [3.63, 3.8) is 0 Å². The Morgan fingerprint density at radius 1 is 1.41 bits per heavy atom. The maximum absolute atomic E-state index is 5.41. The Balaban J connectivity index is 2.81. The predicted molar refractivity (Wildman–Crippen MR) is 73.4 cm³/mol. The van der Waals surface area contributed by atoms with Crippen LogP contribution >= 0.6 is 0 Å². The molecule has 1 aromatic rings. The fourth-order valence-electron chi connectivity index (χ4n) is 2.04. The van der Waals surface area contributed by atoms with Crippen LogP contribution in [-0.4, -0.2) is 13.2 Å². The van der Waals surface area contributed by atoms with Crippen molar-refractivity contribution in [1.29, 1.82) is 0 Å². The quantitative estimate of drug-likeness (QED) is 0.725. The van der Waals surface area contributed by atoms with Gasteiger partial charge in [-0.2, -0.15) is 0 Å². The van der Waals surface area contributed by atoms with Crippen molar-refractivity contribution < 1.29 is 4.74 Å². The maximum atomic E-state index is 5.41. The van der Waals surface area contributed by atoms with Gasteiger partial charge in [-0.1, -0.05) is 31.2 Å². The van der Waals surface area contributed by atoms with Gasteiger partial charge in [0.05, 0.1) is 7.11 Å². The van der Waals surface area contributed by atoms with E-state index in [4.69, 9.17) is 4.74 Å². The zero-order chi connectivity index (χ0) is 12.7. The molecule has 0 saturated carbocycles. The van der Waals surface area contributed by atoms with Crippen LogP contribution in [0.1, 0.15) is 38.3 Å². The van der Waals surface area contributed by atoms with Crippen LogP contribution in [0.5, 0.6) is 5.75 Å². The molecule has 0 spiro atoms. The van der Waals surface area contributed by atoms with Crippen LogP contribution in [0.25, 0.3) is 0 Å². The topological polar surface area (TPSA) is 21.3 Å². The van der Waals surface area contributed by atoms with Gasteiger partial charge < -0.3 is 10.1 Å². The van der Waals surface area contributed by atoms with E-state index in [1.807, 2.05) is 18.2 Å². The molecule has 0 fully saturated rings. The Hall–Kier alpha value is -1.28. The number of methoxy groups -OCH3 is 1. The summed E-state index contributed by atoms with van der Waals surface area (Å²) in [5.41, 5.74) is 1.23. The molecular weight excluding hydrogens is 210 g/mol. The van der Waals surface area contributed by atoms with Crippen LogP contribution in [0.2, 0.25) is 0 Å². The van der Waals surface area contributed by atoms with Crippen LogP contribution in [0, 0.1) is 0 Å². The predicted octanol–water partition coefficient (Wildman–Crippen LogP) is 3.70. The molecule has 0 aliphatic carbocycles. The van der Waals surface area contributed by atoms with Crippen molar-refractivity contribution in [2.75, 3.05) is 7.11 Å². The fraction of sp³-hybridized carbons (Fsp3) is 0.467. The van der Waals surface area contributed by atoms with Gasteiger partial charge in [0.25, 0.3) is 0 Å². The molecule has 2 unspecified atom stereocenters. The smallest absolute Gasteiger partial charge is 0.123 e. The van der Waals surface area contributed by atoms with E-state index in [1.54, 1.807) is 7.11 Å². The minimum Gasteiger partial charge on any atom is -0.496 e. The summed E-state index contributed by atoms with van der Waals surface area (Å²) in [6.07, 6.45) is 3.97. The number of ether oxygens (including phenoxy) is 1. The highest BCUT2D eigenvalue weighted by Gasteiger charge is 2.15. The Kier molecular flexibility index (Phi) is 5.78. The van der Waals surface area contributed by atoms with Crippen LogP contribution in [-0.2, 0) is 0 Å². The van der Waals surface area contributed by atoms with E-state index in [-0.39, 0.29) is 0 Å². The highest BCUT2D eigenvalue weighted by Crippen LogP contribution is 2.27. The van der Waals surface area contributed by atoms with Crippen molar-refractivity contribution in [2.45, 2.75) is 38.8 Å². The normalized spacial score (nSPS) is 14.1. The molecule has 0 amide bonds. The summed E-state index contributed by atoms with van der Waals surface area (Å²) in [5.74, 6) is 0.956. The summed E-state index contributed by atoms with van der Waals surface area (Å²) in [4.78, 5) is 0. The molecule has 0 aliphatic heterocycles. The molecule has 1 N–H and O–H groups in total. The average Bonchev–Trinajstić information content (AvgIpc) is 2.36. The third-order valence-electron chi connectivity index (χ3n) is 2.93. The minimum atomic E-state index is 0.334. The monoisotopic (exact) mass is 233 g/mol. The second-order valence-corrected chi connectivity index (χ2v) is 4.29. The lowest BCUT2D eigenvalue weighted by atomic mass is 10.0. The first-order chi connectivity index (χ1) is 8.22. The lowest BCUT2D eigenvalue weighted by Crippen LogP contribution is -2.30. The van der Waals surface area contributed by atoms with E-state index in [0.29, 0.717) is 12.1 Å². The first-order valence-electron chi connectivity index (χ1n) is 6.22. The van der Waals surface area contributed by atoms with Crippen molar-refractivity contribution in [3.8, 4) is 5.75 Å². The molecular formula is C15H23NO. The Morgan fingerprint density at radius 2 is 2.12 bits per heavy atom. The Bertz CT molecular complexity index is 349. The molecule has 1 rings (SSSR count). The van der Waals surface area contributed by atoms with E-state index in [0.717, 1.165) is 18.6 Å². The SMILES string of the molecule is C=CCC(C)NC(CC)c1ccccc1OC. The molecule has 17 heavy (non-hydrogen) atoms.